The molecule has 0 spiro atoms. The number of hydrogen-bond acceptors (Lipinski definition) is 6. The van der Waals surface area contributed by atoms with E-state index in [1.807, 2.05) is 0 Å². The van der Waals surface area contributed by atoms with E-state index in [1.165, 1.54) is 46.3 Å². The van der Waals surface area contributed by atoms with E-state index in [4.69, 9.17) is 14.6 Å². The number of ether oxygens (including phenoxy) is 2. The third kappa shape index (κ3) is 6.19. The summed E-state index contributed by atoms with van der Waals surface area (Å²) in [7, 11) is 1.16. The highest BCUT2D eigenvalue weighted by Crippen LogP contribution is 2.43. The number of nitrogens with one attached hydrogen (secondary N) is 2. The molecule has 0 aliphatic heterocycles. The minimum Gasteiger partial charge on any atom is -0.496 e. The highest BCUT2D eigenvalue weighted by Gasteiger charge is 2.29. The number of amides is 2. The maximum absolute atomic E-state index is 14.0. The number of methoxy groups -OCH3 is 1. The molecular weight excluding hydrogens is 644 g/mol. The van der Waals surface area contributed by atoms with Gasteiger partial charge in [0.05, 0.1) is 28.5 Å². The summed E-state index contributed by atoms with van der Waals surface area (Å²) >= 11 is 3.41. The minimum atomic E-state index is -3.51. The topological polar surface area (TPSA) is 128 Å². The predicted octanol–water partition coefficient (Wildman–Crippen LogP) is 6.18. The van der Waals surface area contributed by atoms with Crippen molar-refractivity contribution in [2.45, 2.75) is 25.5 Å². The van der Waals surface area contributed by atoms with E-state index >= 15 is 0 Å². The van der Waals surface area contributed by atoms with Gasteiger partial charge in [-0.3, -0.25) is 10.1 Å². The first-order chi connectivity index (χ1) is 19.9. The lowest BCUT2D eigenvalue weighted by Crippen LogP contribution is -2.36. The van der Waals surface area contributed by atoms with Gasteiger partial charge in [0.15, 0.2) is 0 Å². The SMILES string of the molecule is COc1cc(-n2c(-c3ccc(NC(=O)O)cc3)c(Br)c3ncnc(OC(F)C(F)F)c32)ccc1C(=O)NC(F)C(F)F. The molecule has 222 valence electrons. The Morgan fingerprint density at radius 2 is 1.69 bits per heavy atom. The average Bonchev–Trinajstić information content (AvgIpc) is 3.25. The molecule has 17 heteroatoms. The Morgan fingerprint density at radius 3 is 2.29 bits per heavy atom. The lowest BCUT2D eigenvalue weighted by molar-refractivity contribution is -0.0683. The second-order valence-corrected chi connectivity index (χ2v) is 9.07. The van der Waals surface area contributed by atoms with Crippen molar-refractivity contribution in [2.24, 2.45) is 0 Å². The number of halogens is 7. The molecule has 0 bridgehead atoms. The molecule has 2 aromatic heterocycles. The minimum absolute atomic E-state index is 0.0854. The zero-order valence-electron chi connectivity index (χ0n) is 21.0. The average molecular weight is 662 g/mol. The van der Waals surface area contributed by atoms with E-state index in [9.17, 15) is 35.9 Å². The fourth-order valence-electron chi connectivity index (χ4n) is 3.91. The maximum Gasteiger partial charge on any atom is 0.409 e. The highest BCUT2D eigenvalue weighted by molar-refractivity contribution is 9.10. The van der Waals surface area contributed by atoms with Crippen molar-refractivity contribution in [3.05, 3.63) is 58.8 Å². The van der Waals surface area contributed by atoms with E-state index < -0.39 is 43.4 Å². The van der Waals surface area contributed by atoms with Crippen LogP contribution in [-0.4, -0.2) is 64.3 Å². The summed E-state index contributed by atoms with van der Waals surface area (Å²) < 4.78 is 90.5. The molecular formula is C25H18BrF6N5O5. The lowest BCUT2D eigenvalue weighted by Gasteiger charge is -2.17. The number of nitrogens with zero attached hydrogens (tertiary/aromatic N) is 3. The second kappa shape index (κ2) is 12.5. The fraction of sp³-hybridized carbons (Fsp3) is 0.200. The largest absolute Gasteiger partial charge is 0.496 e. The van der Waals surface area contributed by atoms with Crippen LogP contribution in [0.2, 0.25) is 0 Å². The number of fused-ring (bicyclic) bond motifs is 1. The summed E-state index contributed by atoms with van der Waals surface area (Å²) in [6.45, 7) is 0. The fourth-order valence-corrected chi connectivity index (χ4v) is 4.61. The zero-order valence-corrected chi connectivity index (χ0v) is 22.6. The van der Waals surface area contributed by atoms with Crippen LogP contribution in [-0.2, 0) is 0 Å². The Labute approximate surface area is 240 Å². The van der Waals surface area contributed by atoms with E-state index in [0.29, 0.717) is 5.56 Å². The third-order valence-electron chi connectivity index (χ3n) is 5.66. The van der Waals surface area contributed by atoms with Crippen molar-refractivity contribution in [1.29, 1.82) is 0 Å². The van der Waals surface area contributed by atoms with Gasteiger partial charge in [0.1, 0.15) is 23.1 Å². The van der Waals surface area contributed by atoms with E-state index in [2.05, 4.69) is 31.2 Å². The smallest absolute Gasteiger partial charge is 0.409 e. The van der Waals surface area contributed by atoms with Gasteiger partial charge < -0.3 is 24.5 Å². The number of carbonyl (C=O) groups is 2. The molecule has 0 fully saturated rings. The van der Waals surface area contributed by atoms with Crippen LogP contribution < -0.4 is 20.1 Å². The number of anilines is 1. The van der Waals surface area contributed by atoms with Crippen molar-refractivity contribution in [3.8, 4) is 28.6 Å². The van der Waals surface area contributed by atoms with Gasteiger partial charge in [-0.1, -0.05) is 12.1 Å². The number of rotatable bonds is 10. The van der Waals surface area contributed by atoms with E-state index in [-0.39, 0.29) is 43.9 Å². The van der Waals surface area contributed by atoms with Crippen LogP contribution in [0.3, 0.4) is 0 Å². The van der Waals surface area contributed by atoms with Crippen LogP contribution >= 0.6 is 15.9 Å². The number of aromatic nitrogens is 3. The molecule has 2 aromatic carbocycles. The normalized spacial score (nSPS) is 12.8. The summed E-state index contributed by atoms with van der Waals surface area (Å²) in [6, 6.07) is 9.55. The van der Waals surface area contributed by atoms with Gasteiger partial charge in [-0.25, -0.2) is 31.7 Å². The molecule has 0 aliphatic rings. The van der Waals surface area contributed by atoms with Gasteiger partial charge >= 0.3 is 12.5 Å². The Bertz CT molecular complexity index is 1620. The zero-order chi connectivity index (χ0) is 30.7. The second-order valence-electron chi connectivity index (χ2n) is 8.28. The number of alkyl halides is 6. The molecule has 0 aliphatic carbocycles. The summed E-state index contributed by atoms with van der Waals surface area (Å²) in [4.78, 5) is 31.4. The number of benzene rings is 2. The van der Waals surface area contributed by atoms with E-state index in [1.54, 1.807) is 0 Å². The molecule has 0 saturated heterocycles. The Kier molecular flexibility index (Phi) is 9.08. The van der Waals surface area contributed by atoms with Crippen LogP contribution in [0.4, 0.5) is 36.8 Å². The van der Waals surface area contributed by atoms with Crippen LogP contribution in [0.25, 0.3) is 28.0 Å². The first-order valence-electron chi connectivity index (χ1n) is 11.6. The third-order valence-corrected chi connectivity index (χ3v) is 6.41. The van der Waals surface area contributed by atoms with Gasteiger partial charge in [0, 0.05) is 11.8 Å². The molecule has 4 aromatic rings. The molecule has 0 saturated carbocycles. The van der Waals surface area contributed by atoms with Gasteiger partial charge in [-0.2, -0.15) is 9.37 Å². The first-order valence-corrected chi connectivity index (χ1v) is 12.4. The summed E-state index contributed by atoms with van der Waals surface area (Å²) in [6.07, 6.45) is -13.3. The first kappa shape index (κ1) is 30.4. The molecule has 42 heavy (non-hydrogen) atoms. The Hall–Kier alpha value is -4.54. The quantitative estimate of drug-likeness (QED) is 0.137. The molecule has 2 unspecified atom stereocenters. The monoisotopic (exact) mass is 661 g/mol. The molecule has 2 atom stereocenters. The number of hydrogen-bond donors (Lipinski definition) is 3. The van der Waals surface area contributed by atoms with Crippen LogP contribution in [0.1, 0.15) is 10.4 Å². The highest BCUT2D eigenvalue weighted by atomic mass is 79.9. The number of carbonyl (C=O) groups excluding carboxylic acids is 1. The van der Waals surface area contributed by atoms with Crippen molar-refractivity contribution in [3.63, 3.8) is 0 Å². The molecule has 3 N–H and O–H groups in total. The molecule has 2 amide bonds. The molecule has 2 heterocycles. The Morgan fingerprint density at radius 1 is 1.00 bits per heavy atom. The molecule has 10 nitrogen and oxygen atoms in total. The van der Waals surface area contributed by atoms with Gasteiger partial charge in [0.2, 0.25) is 12.2 Å². The maximum atomic E-state index is 14.0. The van der Waals surface area contributed by atoms with Gasteiger partial charge in [-0.15, -0.1) is 0 Å². The number of carboxylic acid groups (broad SMARTS) is 1. The molecule has 4 rings (SSSR count). The van der Waals surface area contributed by atoms with Crippen molar-refractivity contribution < 1.29 is 50.5 Å². The van der Waals surface area contributed by atoms with Crippen LogP contribution in [0, 0.1) is 0 Å². The summed E-state index contributed by atoms with van der Waals surface area (Å²) in [5, 5.41) is 12.7. The van der Waals surface area contributed by atoms with Gasteiger partial charge in [-0.05, 0) is 45.8 Å². The van der Waals surface area contributed by atoms with Crippen molar-refractivity contribution in [1.82, 2.24) is 19.9 Å². The summed E-state index contributed by atoms with van der Waals surface area (Å²) in [5.41, 5.74) is 0.701. The van der Waals surface area contributed by atoms with Crippen LogP contribution in [0.15, 0.2) is 53.3 Å². The Balaban J connectivity index is 1.95. The lowest BCUT2D eigenvalue weighted by atomic mass is 10.1. The van der Waals surface area contributed by atoms with Gasteiger partial charge in [0.25, 0.3) is 18.7 Å². The van der Waals surface area contributed by atoms with Crippen molar-refractivity contribution in [2.75, 3.05) is 12.4 Å². The van der Waals surface area contributed by atoms with Crippen LogP contribution in [0.5, 0.6) is 11.6 Å². The standard InChI is InChI=1S/C25H18BrF6N5O5/c1-41-14-8-12(6-7-13(14)23(38)36-21(31)19(27)28)37-17(10-2-4-11(5-3-10)35-25(39)40)15(26)16-18(37)24(34-9-33-16)42-22(32)20(29)30/h2-9,19-22,35H,1H3,(H,36,38)(H,39,40). The van der Waals surface area contributed by atoms with Crippen molar-refractivity contribution >= 4 is 44.7 Å². The predicted molar refractivity (Wildman–Crippen MR) is 140 cm³/mol. The molecule has 0 radical (unpaired) electrons. The van der Waals surface area contributed by atoms with E-state index in [0.717, 1.165) is 19.5 Å². The summed E-state index contributed by atoms with van der Waals surface area (Å²) in [5.74, 6) is -2.00.